The molecule has 0 spiro atoms. The molecule has 2 aromatic carbocycles. The van der Waals surface area contributed by atoms with Crippen LogP contribution in [-0.2, 0) is 20.5 Å². The predicted octanol–water partition coefficient (Wildman–Crippen LogP) is 7.27. The van der Waals surface area contributed by atoms with Crippen LogP contribution in [-0.4, -0.2) is 41.3 Å². The Kier molecular flexibility index (Phi) is 7.93. The number of nitrogens with zero attached hydrogens (tertiary/aromatic N) is 6. The minimum absolute atomic E-state index is 0.192. The maximum atomic E-state index is 13.1. The summed E-state index contributed by atoms with van der Waals surface area (Å²) in [6.07, 6.45) is 3.16. The molecule has 2 N–H and O–H groups in total. The molecule has 4 heterocycles. The third-order valence-corrected chi connectivity index (χ3v) is 8.38. The van der Waals surface area contributed by atoms with Gasteiger partial charge in [-0.05, 0) is 42.8 Å². The van der Waals surface area contributed by atoms with E-state index >= 15 is 0 Å². The van der Waals surface area contributed by atoms with Crippen molar-refractivity contribution in [2.75, 3.05) is 10.6 Å². The van der Waals surface area contributed by atoms with Gasteiger partial charge in [-0.3, -0.25) is 19.0 Å². The highest BCUT2D eigenvalue weighted by Gasteiger charge is 2.22. The molecular weight excluding hydrogens is 646 g/mol. The summed E-state index contributed by atoms with van der Waals surface area (Å²) in [5.74, 6) is -0.891. The number of amides is 2. The minimum atomic E-state index is -0.459. The van der Waals surface area contributed by atoms with E-state index in [4.69, 9.17) is 46.4 Å². The van der Waals surface area contributed by atoms with Gasteiger partial charge in [0, 0.05) is 43.6 Å². The van der Waals surface area contributed by atoms with Crippen molar-refractivity contribution in [3.8, 4) is 0 Å². The van der Waals surface area contributed by atoms with E-state index < -0.39 is 11.8 Å². The first kappa shape index (κ1) is 29.8. The van der Waals surface area contributed by atoms with E-state index in [2.05, 4.69) is 30.8 Å². The molecular formula is C30H22Cl4N8O2. The number of hydrogen-bond donors (Lipinski definition) is 2. The molecule has 0 radical (unpaired) electrons. The SMILES string of the molecule is Cc1nn(C)c2ncc(C(=O)Nc3ccc(Cc4nn(C)c5ncc(C(=O)Nc6cccc(Cl)c6)c(Cl)c45)cc3Cl)c(Cl)c12. The molecule has 6 aromatic rings. The van der Waals surface area contributed by atoms with Crippen LogP contribution in [0.3, 0.4) is 0 Å². The van der Waals surface area contributed by atoms with Gasteiger partial charge >= 0.3 is 0 Å². The Balaban J connectivity index is 1.25. The number of carbonyl (C=O) groups is 2. The molecule has 6 rings (SSSR count). The van der Waals surface area contributed by atoms with Crippen molar-refractivity contribution in [3.05, 3.63) is 103 Å². The number of carbonyl (C=O) groups excluding carboxylic acids is 2. The number of hydrogen-bond acceptors (Lipinski definition) is 6. The van der Waals surface area contributed by atoms with Gasteiger partial charge in [-0.1, -0.05) is 58.5 Å². The second-order valence-corrected chi connectivity index (χ2v) is 11.7. The Hall–Kier alpha value is -4.22. The maximum Gasteiger partial charge on any atom is 0.258 e. The molecule has 44 heavy (non-hydrogen) atoms. The number of pyridine rings is 2. The summed E-state index contributed by atoms with van der Waals surface area (Å²) in [5, 5.41) is 17.0. The Bertz CT molecular complexity index is 2140. The molecule has 0 unspecified atom stereocenters. The lowest BCUT2D eigenvalue weighted by atomic mass is 10.1. The second kappa shape index (κ2) is 11.7. The molecule has 0 aliphatic heterocycles. The molecule has 0 fully saturated rings. The highest BCUT2D eigenvalue weighted by molar-refractivity contribution is 6.40. The summed E-state index contributed by atoms with van der Waals surface area (Å²) >= 11 is 26.0. The van der Waals surface area contributed by atoms with Gasteiger partial charge in [0.1, 0.15) is 0 Å². The average molecular weight is 668 g/mol. The lowest BCUT2D eigenvalue weighted by Gasteiger charge is -2.11. The van der Waals surface area contributed by atoms with Crippen LogP contribution in [0.1, 0.15) is 37.7 Å². The first-order valence-corrected chi connectivity index (χ1v) is 14.7. The second-order valence-electron chi connectivity index (χ2n) is 10.1. The lowest BCUT2D eigenvalue weighted by Crippen LogP contribution is -2.13. The Labute approximate surface area is 270 Å². The van der Waals surface area contributed by atoms with E-state index in [9.17, 15) is 9.59 Å². The van der Waals surface area contributed by atoms with Crippen LogP contribution in [0.4, 0.5) is 11.4 Å². The Morgan fingerprint density at radius 3 is 2.11 bits per heavy atom. The van der Waals surface area contributed by atoms with Crippen LogP contribution in [0.15, 0.2) is 54.9 Å². The van der Waals surface area contributed by atoms with Crippen molar-refractivity contribution in [2.45, 2.75) is 13.3 Å². The van der Waals surface area contributed by atoms with Crippen LogP contribution in [0.25, 0.3) is 22.1 Å². The molecule has 2 amide bonds. The van der Waals surface area contributed by atoms with Gasteiger partial charge in [0.25, 0.3) is 11.8 Å². The molecule has 10 nitrogen and oxygen atoms in total. The molecule has 0 bridgehead atoms. The van der Waals surface area contributed by atoms with Gasteiger partial charge in [-0.15, -0.1) is 0 Å². The smallest absolute Gasteiger partial charge is 0.258 e. The summed E-state index contributed by atoms with van der Waals surface area (Å²) < 4.78 is 3.21. The highest BCUT2D eigenvalue weighted by atomic mass is 35.5. The fourth-order valence-corrected chi connectivity index (χ4v) is 6.11. The fourth-order valence-electron chi connectivity index (χ4n) is 4.99. The monoisotopic (exact) mass is 666 g/mol. The molecule has 222 valence electrons. The third kappa shape index (κ3) is 5.46. The Morgan fingerprint density at radius 1 is 0.795 bits per heavy atom. The van der Waals surface area contributed by atoms with Gasteiger partial charge in [0.15, 0.2) is 11.3 Å². The normalized spacial score (nSPS) is 11.3. The van der Waals surface area contributed by atoms with E-state index in [-0.39, 0.29) is 21.2 Å². The first-order chi connectivity index (χ1) is 21.0. The van der Waals surface area contributed by atoms with Crippen molar-refractivity contribution in [3.63, 3.8) is 0 Å². The van der Waals surface area contributed by atoms with E-state index in [1.54, 1.807) is 66.8 Å². The van der Waals surface area contributed by atoms with Crippen LogP contribution < -0.4 is 10.6 Å². The zero-order valence-electron chi connectivity index (χ0n) is 23.4. The highest BCUT2D eigenvalue weighted by Crippen LogP contribution is 2.33. The maximum absolute atomic E-state index is 13.1. The average Bonchev–Trinajstić information content (AvgIpc) is 3.45. The third-order valence-electron chi connectivity index (χ3n) is 7.05. The first-order valence-electron chi connectivity index (χ1n) is 13.2. The van der Waals surface area contributed by atoms with Gasteiger partial charge in [-0.2, -0.15) is 10.2 Å². The molecule has 4 aromatic heterocycles. The van der Waals surface area contributed by atoms with Crippen molar-refractivity contribution < 1.29 is 9.59 Å². The zero-order chi connectivity index (χ0) is 31.3. The number of fused-ring (bicyclic) bond motifs is 2. The van der Waals surface area contributed by atoms with E-state index in [0.29, 0.717) is 61.3 Å². The summed E-state index contributed by atoms with van der Waals surface area (Å²) in [6, 6.07) is 12.0. The largest absolute Gasteiger partial charge is 0.322 e. The minimum Gasteiger partial charge on any atom is -0.322 e. The number of anilines is 2. The van der Waals surface area contributed by atoms with Crippen molar-refractivity contribution >= 4 is 91.7 Å². The van der Waals surface area contributed by atoms with Gasteiger partial charge in [0.2, 0.25) is 0 Å². The molecule has 0 atom stereocenters. The molecule has 0 aliphatic carbocycles. The molecule has 0 saturated heterocycles. The quantitative estimate of drug-likeness (QED) is 0.193. The fraction of sp³-hybridized carbons (Fsp3) is 0.133. The van der Waals surface area contributed by atoms with E-state index in [1.165, 1.54) is 12.4 Å². The lowest BCUT2D eigenvalue weighted by molar-refractivity contribution is 0.101. The van der Waals surface area contributed by atoms with E-state index in [0.717, 1.165) is 5.56 Å². The standard InChI is InChI=1S/C30H22Cl4N8O2/c1-14-23-25(33)18(12-35-27(23)41(2)39-14)30(44)38-21-8-7-15(9-20(21)32)10-22-24-26(34)19(13-36-28(24)42(3)40-22)29(43)37-17-6-4-5-16(31)11-17/h4-9,11-13H,10H2,1-3H3,(H,37,43)(H,38,44). The number of rotatable bonds is 6. The summed E-state index contributed by atoms with van der Waals surface area (Å²) in [4.78, 5) is 35.0. The Morgan fingerprint density at radius 2 is 1.43 bits per heavy atom. The summed E-state index contributed by atoms with van der Waals surface area (Å²) in [6.45, 7) is 1.80. The molecule has 14 heteroatoms. The predicted molar refractivity (Wildman–Crippen MR) is 173 cm³/mol. The number of halogens is 4. The zero-order valence-corrected chi connectivity index (χ0v) is 26.4. The number of benzene rings is 2. The van der Waals surface area contributed by atoms with Crippen molar-refractivity contribution in [1.82, 2.24) is 29.5 Å². The molecule has 0 aliphatic rings. The number of aromatic nitrogens is 6. The van der Waals surface area contributed by atoms with E-state index in [1.807, 2.05) is 6.07 Å². The molecule has 0 saturated carbocycles. The van der Waals surface area contributed by atoms with Gasteiger partial charge in [-0.25, -0.2) is 9.97 Å². The summed E-state index contributed by atoms with van der Waals surface area (Å²) in [5.41, 5.74) is 4.48. The van der Waals surface area contributed by atoms with Crippen molar-refractivity contribution in [1.29, 1.82) is 0 Å². The summed E-state index contributed by atoms with van der Waals surface area (Å²) in [7, 11) is 3.51. The van der Waals surface area contributed by atoms with Crippen LogP contribution >= 0.6 is 46.4 Å². The van der Waals surface area contributed by atoms with Crippen LogP contribution in [0.5, 0.6) is 0 Å². The van der Waals surface area contributed by atoms with Crippen LogP contribution in [0, 0.1) is 6.92 Å². The van der Waals surface area contributed by atoms with Gasteiger partial charge in [0.05, 0.1) is 54.0 Å². The van der Waals surface area contributed by atoms with Crippen LogP contribution in [0.2, 0.25) is 20.1 Å². The topological polar surface area (TPSA) is 120 Å². The number of aryl methyl sites for hydroxylation is 3. The van der Waals surface area contributed by atoms with Crippen molar-refractivity contribution in [2.24, 2.45) is 14.1 Å². The number of nitrogens with one attached hydrogen (secondary N) is 2. The van der Waals surface area contributed by atoms with Gasteiger partial charge < -0.3 is 10.6 Å².